The summed E-state index contributed by atoms with van der Waals surface area (Å²) < 4.78 is 23.9. The number of nitrogens with zero attached hydrogens (tertiary/aromatic N) is 5. The minimum absolute atomic E-state index is 0.104. The van der Waals surface area contributed by atoms with Gasteiger partial charge in [-0.1, -0.05) is 26.0 Å². The number of benzene rings is 3. The van der Waals surface area contributed by atoms with E-state index in [9.17, 15) is 14.9 Å². The van der Waals surface area contributed by atoms with Crippen LogP contribution in [0.15, 0.2) is 76.8 Å². The summed E-state index contributed by atoms with van der Waals surface area (Å²) in [6, 6.07) is 17.0. The molecule has 230 valence electrons. The first-order chi connectivity index (χ1) is 21.6. The van der Waals surface area contributed by atoms with Gasteiger partial charge >= 0.3 is 0 Å². The number of hydrogen-bond donors (Lipinski definition) is 0. The molecule has 0 spiro atoms. The van der Waals surface area contributed by atoms with Gasteiger partial charge in [0, 0.05) is 23.3 Å². The summed E-state index contributed by atoms with van der Waals surface area (Å²) in [5.74, 6) is 2.17. The van der Waals surface area contributed by atoms with Crippen LogP contribution in [0.5, 0.6) is 28.9 Å². The monoisotopic (exact) mass is 609 g/mol. The third kappa shape index (κ3) is 6.16. The lowest BCUT2D eigenvalue weighted by atomic mass is 9.96. The highest BCUT2D eigenvalue weighted by atomic mass is 16.6. The zero-order valence-electron chi connectivity index (χ0n) is 25.6. The summed E-state index contributed by atoms with van der Waals surface area (Å²) in [5, 5.41) is 16.0. The zero-order chi connectivity index (χ0) is 32.2. The fourth-order valence-electron chi connectivity index (χ4n) is 4.82. The summed E-state index contributed by atoms with van der Waals surface area (Å²) >= 11 is 0. The Kier molecular flexibility index (Phi) is 8.75. The van der Waals surface area contributed by atoms with Crippen molar-refractivity contribution in [3.8, 4) is 40.3 Å². The largest absolute Gasteiger partial charge is 0.496 e. The van der Waals surface area contributed by atoms with Crippen LogP contribution < -0.4 is 24.5 Å². The van der Waals surface area contributed by atoms with E-state index >= 15 is 0 Å². The van der Waals surface area contributed by atoms with Gasteiger partial charge in [0.05, 0.1) is 43.4 Å². The number of aryl methyl sites for hydroxylation is 1. The first-order valence-corrected chi connectivity index (χ1v) is 13.9. The first kappa shape index (κ1) is 30.7. The van der Waals surface area contributed by atoms with Crippen molar-refractivity contribution < 1.29 is 23.9 Å². The van der Waals surface area contributed by atoms with Gasteiger partial charge in [-0.2, -0.15) is 9.78 Å². The second-order valence-corrected chi connectivity index (χ2v) is 10.3. The van der Waals surface area contributed by atoms with Crippen LogP contribution >= 0.6 is 0 Å². The number of aromatic nitrogens is 3. The average molecular weight is 610 g/mol. The topological polar surface area (TPSA) is 140 Å². The zero-order valence-corrected chi connectivity index (χ0v) is 25.6. The maximum atomic E-state index is 13.8. The minimum Gasteiger partial charge on any atom is -0.496 e. The SMILES string of the molecule is COc1cc(C)c(-c2nc3ccccc3c(=O)n2N=Cc2cc(OC)c(Oc3ccc([N+](=O)[O-])cn3)c(OC)c2)cc1C(C)C. The molecule has 0 unspecified atom stereocenters. The van der Waals surface area contributed by atoms with Gasteiger partial charge < -0.3 is 18.9 Å². The standard InChI is InChI=1S/C33H31N5O7/c1-19(2)24-16-25(20(3)13-27(24)42-4)32-36-26-10-8-7-9-23(26)33(39)37(32)35-17-21-14-28(43-5)31(29(15-21)44-6)45-30-12-11-22(18-34-30)38(40)41/h7-19H,1-6H3. The van der Waals surface area contributed by atoms with Gasteiger partial charge in [-0.05, 0) is 60.4 Å². The molecule has 3 aromatic carbocycles. The van der Waals surface area contributed by atoms with Crippen LogP contribution in [-0.2, 0) is 0 Å². The van der Waals surface area contributed by atoms with E-state index in [2.05, 4.69) is 23.9 Å². The summed E-state index contributed by atoms with van der Waals surface area (Å²) in [7, 11) is 4.55. The quantitative estimate of drug-likeness (QED) is 0.0986. The van der Waals surface area contributed by atoms with Crippen molar-refractivity contribution in [1.82, 2.24) is 14.6 Å². The number of rotatable bonds is 10. The van der Waals surface area contributed by atoms with Crippen LogP contribution in [0.25, 0.3) is 22.3 Å². The van der Waals surface area contributed by atoms with Crippen molar-refractivity contribution in [3.05, 3.63) is 104 Å². The first-order valence-electron chi connectivity index (χ1n) is 13.9. The summed E-state index contributed by atoms with van der Waals surface area (Å²) in [6.45, 7) is 6.08. The van der Waals surface area contributed by atoms with Crippen LogP contribution in [0.4, 0.5) is 5.69 Å². The van der Waals surface area contributed by atoms with Crippen molar-refractivity contribution in [1.29, 1.82) is 0 Å². The van der Waals surface area contributed by atoms with Gasteiger partial charge in [0.2, 0.25) is 11.6 Å². The molecule has 5 aromatic rings. The van der Waals surface area contributed by atoms with Crippen molar-refractivity contribution in [3.63, 3.8) is 0 Å². The molecule has 12 nitrogen and oxygen atoms in total. The van der Waals surface area contributed by atoms with Crippen LogP contribution in [0, 0.1) is 17.0 Å². The number of pyridine rings is 1. The highest BCUT2D eigenvalue weighted by molar-refractivity contribution is 5.84. The summed E-state index contributed by atoms with van der Waals surface area (Å²) in [6.07, 6.45) is 2.60. The molecule has 0 N–H and O–H groups in total. The molecule has 0 bridgehead atoms. The van der Waals surface area contributed by atoms with Gasteiger partial charge in [-0.25, -0.2) is 9.97 Å². The Morgan fingerprint density at radius 2 is 1.64 bits per heavy atom. The molecule has 2 heterocycles. The molecule has 0 aliphatic rings. The number of fused-ring (bicyclic) bond motifs is 1. The van der Waals surface area contributed by atoms with Crippen molar-refractivity contribution in [2.24, 2.45) is 5.10 Å². The van der Waals surface area contributed by atoms with Crippen molar-refractivity contribution in [2.75, 3.05) is 21.3 Å². The molecule has 45 heavy (non-hydrogen) atoms. The molecule has 0 saturated carbocycles. The van der Waals surface area contributed by atoms with E-state index in [1.54, 1.807) is 37.4 Å². The molecule has 0 aliphatic heterocycles. The molecule has 0 fully saturated rings. The Morgan fingerprint density at radius 1 is 0.956 bits per heavy atom. The van der Waals surface area contributed by atoms with Crippen LogP contribution in [0.3, 0.4) is 0 Å². The normalized spacial score (nSPS) is 11.3. The number of ether oxygens (including phenoxy) is 4. The molecule has 5 rings (SSSR count). The van der Waals surface area contributed by atoms with Gasteiger partial charge in [0.25, 0.3) is 11.2 Å². The smallest absolute Gasteiger partial charge is 0.287 e. The third-order valence-electron chi connectivity index (χ3n) is 7.14. The van der Waals surface area contributed by atoms with Crippen molar-refractivity contribution in [2.45, 2.75) is 26.7 Å². The Bertz CT molecular complexity index is 1960. The third-order valence-corrected chi connectivity index (χ3v) is 7.14. The predicted octanol–water partition coefficient (Wildman–Crippen LogP) is 6.50. The second-order valence-electron chi connectivity index (χ2n) is 10.3. The lowest BCUT2D eigenvalue weighted by Crippen LogP contribution is -2.20. The van der Waals surface area contributed by atoms with E-state index < -0.39 is 4.92 Å². The molecule has 0 atom stereocenters. The maximum absolute atomic E-state index is 13.8. The Hall–Kier alpha value is -5.78. The van der Waals surface area contributed by atoms with E-state index in [-0.39, 0.29) is 40.3 Å². The molecule has 12 heteroatoms. The molecule has 0 saturated heterocycles. The lowest BCUT2D eigenvalue weighted by molar-refractivity contribution is -0.385. The maximum Gasteiger partial charge on any atom is 0.287 e. The van der Waals surface area contributed by atoms with Crippen molar-refractivity contribution >= 4 is 22.8 Å². The molecule has 2 aromatic heterocycles. The minimum atomic E-state index is -0.549. The van der Waals surface area contributed by atoms with Crippen LogP contribution in [0.1, 0.15) is 36.5 Å². The second kappa shape index (κ2) is 12.8. The van der Waals surface area contributed by atoms with E-state index in [1.165, 1.54) is 37.2 Å². The molecule has 0 amide bonds. The van der Waals surface area contributed by atoms with Gasteiger partial charge in [-0.15, -0.1) is 0 Å². The fraction of sp³-hybridized carbons (Fsp3) is 0.212. The highest BCUT2D eigenvalue weighted by Crippen LogP contribution is 2.41. The molecule has 0 radical (unpaired) electrons. The lowest BCUT2D eigenvalue weighted by Gasteiger charge is -2.17. The Morgan fingerprint density at radius 3 is 2.24 bits per heavy atom. The molecular formula is C33H31N5O7. The van der Waals surface area contributed by atoms with E-state index in [1.807, 2.05) is 25.1 Å². The van der Waals surface area contributed by atoms with Gasteiger partial charge in [-0.3, -0.25) is 14.9 Å². The van der Waals surface area contributed by atoms with Crippen LogP contribution in [0.2, 0.25) is 0 Å². The van der Waals surface area contributed by atoms with Gasteiger partial charge in [0.1, 0.15) is 11.9 Å². The summed E-state index contributed by atoms with van der Waals surface area (Å²) in [5.41, 5.74) is 3.17. The number of nitro groups is 1. The Labute approximate surface area is 258 Å². The van der Waals surface area contributed by atoms with Gasteiger partial charge in [0.15, 0.2) is 17.3 Å². The predicted molar refractivity (Wildman–Crippen MR) is 170 cm³/mol. The number of hydrogen-bond acceptors (Lipinski definition) is 10. The molecule has 0 aliphatic carbocycles. The van der Waals surface area contributed by atoms with E-state index in [0.29, 0.717) is 22.3 Å². The van der Waals surface area contributed by atoms with E-state index in [0.717, 1.165) is 28.6 Å². The Balaban J connectivity index is 1.62. The van der Waals surface area contributed by atoms with E-state index in [4.69, 9.17) is 23.9 Å². The average Bonchev–Trinajstić information content (AvgIpc) is 3.04. The fourth-order valence-corrected chi connectivity index (χ4v) is 4.82. The highest BCUT2D eigenvalue weighted by Gasteiger charge is 2.20. The molecular weight excluding hydrogens is 578 g/mol. The number of methoxy groups -OCH3 is 3. The summed E-state index contributed by atoms with van der Waals surface area (Å²) in [4.78, 5) is 33.1. The van der Waals surface area contributed by atoms with Crippen LogP contribution in [-0.4, -0.2) is 47.1 Å². The number of para-hydroxylation sites is 1.